The van der Waals surface area contributed by atoms with Gasteiger partial charge in [-0.25, -0.2) is 9.36 Å². The van der Waals surface area contributed by atoms with Gasteiger partial charge in [0.2, 0.25) is 5.88 Å². The van der Waals surface area contributed by atoms with E-state index in [0.29, 0.717) is 17.1 Å². The Morgan fingerprint density at radius 2 is 1.76 bits per heavy atom. The first-order chi connectivity index (χ1) is 12.1. The highest BCUT2D eigenvalue weighted by atomic mass is 16.5. The number of rotatable bonds is 4. The van der Waals surface area contributed by atoms with Crippen LogP contribution < -0.4 is 16.0 Å². The summed E-state index contributed by atoms with van der Waals surface area (Å²) < 4.78 is 6.19. The molecule has 0 atom stereocenters. The third-order valence-electron chi connectivity index (χ3n) is 3.55. The molecule has 0 aliphatic carbocycles. The monoisotopic (exact) mass is 337 g/mol. The highest BCUT2D eigenvalue weighted by Gasteiger charge is 2.14. The topological polar surface area (TPSA) is 96.7 Å². The van der Waals surface area contributed by atoms with Gasteiger partial charge in [-0.05, 0) is 24.3 Å². The molecule has 3 rings (SSSR count). The highest BCUT2D eigenvalue weighted by molar-refractivity contribution is 5.85. The first-order valence-electron chi connectivity index (χ1n) is 7.42. The van der Waals surface area contributed by atoms with Crippen molar-refractivity contribution in [3.63, 3.8) is 0 Å². The molecule has 2 aromatic carbocycles. The van der Waals surface area contributed by atoms with Crippen LogP contribution in [0.3, 0.4) is 0 Å². The number of aromatic amines is 1. The molecule has 1 aromatic heterocycles. The number of benzene rings is 2. The Bertz CT molecular complexity index is 1040. The largest absolute Gasteiger partial charge is 0.494 e. The Balaban J connectivity index is 2.13. The Hall–Kier alpha value is -3.61. The van der Waals surface area contributed by atoms with Gasteiger partial charge in [-0.15, -0.1) is 0 Å². The summed E-state index contributed by atoms with van der Waals surface area (Å²) in [7, 11) is 1.51. The van der Waals surface area contributed by atoms with Crippen LogP contribution >= 0.6 is 0 Å². The SMILES string of the molecule is COc1ccccc1N=Cc1c(O)n(-c2ccccc2)c(=O)[nH]c1=O. The average molecular weight is 337 g/mol. The molecule has 0 bridgehead atoms. The fourth-order valence-corrected chi connectivity index (χ4v) is 2.34. The number of aliphatic imine (C=N–C) groups is 1. The van der Waals surface area contributed by atoms with Gasteiger partial charge in [0.15, 0.2) is 0 Å². The van der Waals surface area contributed by atoms with Crippen LogP contribution in [0, 0.1) is 0 Å². The summed E-state index contributed by atoms with van der Waals surface area (Å²) in [6.45, 7) is 0. The molecule has 0 amide bonds. The molecule has 7 heteroatoms. The van der Waals surface area contributed by atoms with Crippen LogP contribution in [0.25, 0.3) is 5.69 Å². The molecule has 0 radical (unpaired) electrons. The van der Waals surface area contributed by atoms with Crippen LogP contribution in [-0.2, 0) is 0 Å². The fourth-order valence-electron chi connectivity index (χ4n) is 2.34. The average Bonchev–Trinajstić information content (AvgIpc) is 2.62. The van der Waals surface area contributed by atoms with Crippen LogP contribution in [0.15, 0.2) is 69.2 Å². The smallest absolute Gasteiger partial charge is 0.335 e. The van der Waals surface area contributed by atoms with Crippen LogP contribution in [0.4, 0.5) is 5.69 Å². The van der Waals surface area contributed by atoms with Crippen molar-refractivity contribution in [3.8, 4) is 17.3 Å². The predicted octanol–water partition coefficient (Wildman–Crippen LogP) is 1.99. The first kappa shape index (κ1) is 16.3. The summed E-state index contributed by atoms with van der Waals surface area (Å²) in [4.78, 5) is 30.5. The maximum Gasteiger partial charge on any atom is 0.335 e. The number of hydrogen-bond acceptors (Lipinski definition) is 5. The van der Waals surface area contributed by atoms with Gasteiger partial charge in [-0.3, -0.25) is 14.8 Å². The Morgan fingerprint density at radius 3 is 2.48 bits per heavy atom. The number of nitrogens with one attached hydrogen (secondary N) is 1. The first-order valence-corrected chi connectivity index (χ1v) is 7.42. The lowest BCUT2D eigenvalue weighted by molar-refractivity contribution is 0.416. The van der Waals surface area contributed by atoms with E-state index in [1.807, 2.05) is 0 Å². The number of nitrogens with zero attached hydrogens (tertiary/aromatic N) is 2. The summed E-state index contributed by atoms with van der Waals surface area (Å²) in [5.41, 5.74) is -0.680. The van der Waals surface area contributed by atoms with Crippen molar-refractivity contribution in [3.05, 3.63) is 81.0 Å². The molecule has 0 saturated heterocycles. The molecule has 0 spiro atoms. The predicted molar refractivity (Wildman–Crippen MR) is 94.6 cm³/mol. The van der Waals surface area contributed by atoms with Gasteiger partial charge in [-0.1, -0.05) is 30.3 Å². The van der Waals surface area contributed by atoms with Crippen molar-refractivity contribution in [2.75, 3.05) is 7.11 Å². The quantitative estimate of drug-likeness (QED) is 0.712. The molecular formula is C18H15N3O4. The lowest BCUT2D eigenvalue weighted by Crippen LogP contribution is -2.31. The number of hydrogen-bond donors (Lipinski definition) is 2. The molecule has 126 valence electrons. The number of H-pyrrole nitrogens is 1. The third-order valence-corrected chi connectivity index (χ3v) is 3.55. The zero-order valence-corrected chi connectivity index (χ0v) is 13.3. The third kappa shape index (κ3) is 3.20. The minimum Gasteiger partial charge on any atom is -0.494 e. The summed E-state index contributed by atoms with van der Waals surface area (Å²) in [6.07, 6.45) is 1.20. The van der Waals surface area contributed by atoms with E-state index in [-0.39, 0.29) is 5.56 Å². The van der Waals surface area contributed by atoms with E-state index >= 15 is 0 Å². The van der Waals surface area contributed by atoms with Crippen LogP contribution in [0.1, 0.15) is 5.56 Å². The second kappa shape index (κ2) is 6.88. The van der Waals surface area contributed by atoms with Crippen molar-refractivity contribution in [2.45, 2.75) is 0 Å². The normalized spacial score (nSPS) is 10.9. The zero-order chi connectivity index (χ0) is 17.8. The number of aromatic hydroxyl groups is 1. The molecule has 1 heterocycles. The molecule has 0 aliphatic heterocycles. The van der Waals surface area contributed by atoms with E-state index in [1.54, 1.807) is 54.6 Å². The van der Waals surface area contributed by atoms with E-state index < -0.39 is 17.1 Å². The van der Waals surface area contributed by atoms with Gasteiger partial charge < -0.3 is 9.84 Å². The maximum atomic E-state index is 12.1. The Kier molecular flexibility index (Phi) is 4.47. The summed E-state index contributed by atoms with van der Waals surface area (Å²) in [6, 6.07) is 15.5. The molecule has 0 unspecified atom stereocenters. The van der Waals surface area contributed by atoms with Crippen molar-refractivity contribution in [2.24, 2.45) is 4.99 Å². The van der Waals surface area contributed by atoms with Gasteiger partial charge in [0, 0.05) is 6.21 Å². The van der Waals surface area contributed by atoms with Crippen LogP contribution in [-0.4, -0.2) is 28.0 Å². The Morgan fingerprint density at radius 1 is 1.08 bits per heavy atom. The van der Waals surface area contributed by atoms with Crippen molar-refractivity contribution in [1.29, 1.82) is 0 Å². The molecule has 3 aromatic rings. The van der Waals surface area contributed by atoms with Crippen molar-refractivity contribution in [1.82, 2.24) is 9.55 Å². The molecule has 25 heavy (non-hydrogen) atoms. The molecule has 0 saturated carbocycles. The number of aromatic nitrogens is 2. The number of ether oxygens (including phenoxy) is 1. The minimum atomic E-state index is -0.733. The summed E-state index contributed by atoms with van der Waals surface area (Å²) >= 11 is 0. The minimum absolute atomic E-state index is 0.130. The molecular weight excluding hydrogens is 322 g/mol. The second-order valence-electron chi connectivity index (χ2n) is 5.10. The summed E-state index contributed by atoms with van der Waals surface area (Å²) in [5, 5.41) is 10.4. The molecule has 0 aliphatic rings. The van der Waals surface area contributed by atoms with Gasteiger partial charge in [0.05, 0.1) is 12.8 Å². The Labute approximate surface area is 142 Å². The fraction of sp³-hybridized carbons (Fsp3) is 0.0556. The zero-order valence-electron chi connectivity index (χ0n) is 13.3. The lowest BCUT2D eigenvalue weighted by atomic mass is 10.2. The van der Waals surface area contributed by atoms with Crippen LogP contribution in [0.2, 0.25) is 0 Å². The van der Waals surface area contributed by atoms with E-state index in [0.717, 1.165) is 4.57 Å². The molecule has 0 fully saturated rings. The van der Waals surface area contributed by atoms with Gasteiger partial charge in [0.25, 0.3) is 5.56 Å². The van der Waals surface area contributed by atoms with Crippen molar-refractivity contribution < 1.29 is 9.84 Å². The van der Waals surface area contributed by atoms with Gasteiger partial charge >= 0.3 is 5.69 Å². The summed E-state index contributed by atoms with van der Waals surface area (Å²) in [5.74, 6) is 0.0321. The van der Waals surface area contributed by atoms with E-state index in [1.165, 1.54) is 13.3 Å². The van der Waals surface area contributed by atoms with Gasteiger partial charge in [0.1, 0.15) is 17.0 Å². The van der Waals surface area contributed by atoms with E-state index in [2.05, 4.69) is 9.98 Å². The maximum absolute atomic E-state index is 12.1. The number of methoxy groups -OCH3 is 1. The van der Waals surface area contributed by atoms with Gasteiger partial charge in [-0.2, -0.15) is 0 Å². The van der Waals surface area contributed by atoms with E-state index in [9.17, 15) is 14.7 Å². The van der Waals surface area contributed by atoms with Crippen LogP contribution in [0.5, 0.6) is 11.6 Å². The standard InChI is InChI=1S/C18H15N3O4/c1-25-15-10-6-5-9-14(15)19-11-13-16(22)20-18(24)21(17(13)23)12-7-3-2-4-8-12/h2-11,23H,1H3,(H,20,22,24). The van der Waals surface area contributed by atoms with E-state index in [4.69, 9.17) is 4.74 Å². The second-order valence-corrected chi connectivity index (χ2v) is 5.10. The highest BCUT2D eigenvalue weighted by Crippen LogP contribution is 2.26. The van der Waals surface area contributed by atoms with Crippen molar-refractivity contribution >= 4 is 11.9 Å². The molecule has 7 nitrogen and oxygen atoms in total. The lowest BCUT2D eigenvalue weighted by Gasteiger charge is -2.09. The molecule has 2 N–H and O–H groups in total. The number of para-hydroxylation sites is 3.